The van der Waals surface area contributed by atoms with E-state index in [2.05, 4.69) is 6.07 Å². The lowest BCUT2D eigenvalue weighted by Crippen LogP contribution is -2.67. The van der Waals surface area contributed by atoms with Crippen LogP contribution in [-0.2, 0) is 22.5 Å². The predicted molar refractivity (Wildman–Crippen MR) is 141 cm³/mol. The Morgan fingerprint density at radius 1 is 0.919 bits per heavy atom. The lowest BCUT2D eigenvalue weighted by atomic mass is 9.84. The fourth-order valence-corrected chi connectivity index (χ4v) is 5.76. The Morgan fingerprint density at radius 3 is 2.19 bits per heavy atom. The van der Waals surface area contributed by atoms with Crippen molar-refractivity contribution in [2.45, 2.75) is 45.4 Å². The molecule has 2 atom stereocenters. The van der Waals surface area contributed by atoms with Gasteiger partial charge in [-0.3, -0.25) is 4.79 Å². The second kappa shape index (κ2) is 8.80. The van der Waals surface area contributed by atoms with E-state index in [1.54, 1.807) is 28.4 Å². The van der Waals surface area contributed by atoms with Crippen molar-refractivity contribution in [1.82, 2.24) is 4.90 Å². The van der Waals surface area contributed by atoms with Gasteiger partial charge in [-0.2, -0.15) is 4.79 Å². The number of benzene rings is 3. The molecule has 196 valence electrons. The minimum atomic E-state index is -0.622. The molecule has 2 aliphatic heterocycles. The highest BCUT2D eigenvalue weighted by molar-refractivity contribution is 6.12. The first-order valence-corrected chi connectivity index (χ1v) is 12.5. The number of rotatable bonds is 3. The lowest BCUT2D eigenvalue weighted by molar-refractivity contribution is -0.837. The van der Waals surface area contributed by atoms with E-state index in [4.69, 9.17) is 18.9 Å². The molecule has 8 heteroatoms. The maximum Gasteiger partial charge on any atom is 0.516 e. The van der Waals surface area contributed by atoms with Gasteiger partial charge in [-0.1, -0.05) is 6.07 Å². The molecule has 1 saturated heterocycles. The van der Waals surface area contributed by atoms with Crippen molar-refractivity contribution < 1.29 is 33.0 Å². The van der Waals surface area contributed by atoms with Gasteiger partial charge >= 0.3 is 6.09 Å². The topological polar surface area (TPSA) is 74.3 Å². The molecular formula is C29H35N2O6+. The van der Waals surface area contributed by atoms with E-state index in [-0.39, 0.29) is 29.1 Å². The molecule has 3 aromatic rings. The molecule has 0 aliphatic carbocycles. The van der Waals surface area contributed by atoms with Crippen LogP contribution in [0.5, 0.6) is 17.2 Å². The molecule has 0 saturated carbocycles. The van der Waals surface area contributed by atoms with Crippen molar-refractivity contribution in [3.63, 3.8) is 0 Å². The summed E-state index contributed by atoms with van der Waals surface area (Å²) in [4.78, 5) is 28.5. The Morgan fingerprint density at radius 2 is 1.57 bits per heavy atom. The fraction of sp³-hybridized carbons (Fsp3) is 0.448. The van der Waals surface area contributed by atoms with Gasteiger partial charge in [0, 0.05) is 6.54 Å². The zero-order valence-electron chi connectivity index (χ0n) is 22.6. The zero-order chi connectivity index (χ0) is 26.7. The summed E-state index contributed by atoms with van der Waals surface area (Å²) in [5.41, 5.74) is 1.67. The van der Waals surface area contributed by atoms with Crippen molar-refractivity contribution >= 4 is 33.5 Å². The van der Waals surface area contributed by atoms with Gasteiger partial charge in [0.15, 0.2) is 18.0 Å². The van der Waals surface area contributed by atoms with E-state index in [1.165, 1.54) is 5.56 Å². The third-order valence-corrected chi connectivity index (χ3v) is 7.52. The van der Waals surface area contributed by atoms with Crippen LogP contribution in [0.1, 0.15) is 31.9 Å². The molecule has 5 rings (SSSR count). The third-order valence-electron chi connectivity index (χ3n) is 7.52. The first-order valence-electron chi connectivity index (χ1n) is 12.5. The van der Waals surface area contributed by atoms with Gasteiger partial charge < -0.3 is 23.8 Å². The molecule has 2 unspecified atom stereocenters. The predicted octanol–water partition coefficient (Wildman–Crippen LogP) is 4.67. The molecule has 2 heterocycles. The van der Waals surface area contributed by atoms with Gasteiger partial charge in [0.2, 0.25) is 0 Å². The number of quaternary nitrogens is 1. The maximum atomic E-state index is 13.5. The monoisotopic (exact) mass is 507 g/mol. The molecular weight excluding hydrogens is 472 g/mol. The number of fused-ring (bicyclic) bond motifs is 7. The number of carbonyl (C=O) groups is 2. The number of ether oxygens (including phenoxy) is 4. The van der Waals surface area contributed by atoms with Crippen LogP contribution in [0.2, 0.25) is 0 Å². The molecule has 8 nitrogen and oxygen atoms in total. The number of nitrogens with zero attached hydrogens (tertiary/aromatic N) is 2. The summed E-state index contributed by atoms with van der Waals surface area (Å²) in [6.45, 7) is 6.61. The number of hydrogen-bond acceptors (Lipinski definition) is 6. The minimum absolute atomic E-state index is 0.0377. The molecule has 2 amide bonds. The molecule has 37 heavy (non-hydrogen) atoms. The first-order chi connectivity index (χ1) is 17.5. The second-order valence-corrected chi connectivity index (χ2v) is 11.2. The Bertz CT molecular complexity index is 1430. The van der Waals surface area contributed by atoms with Crippen molar-refractivity contribution in [3.8, 4) is 17.2 Å². The normalized spacial score (nSPS) is 21.4. The van der Waals surface area contributed by atoms with Crippen LogP contribution in [0.25, 0.3) is 21.5 Å². The van der Waals surface area contributed by atoms with Crippen LogP contribution in [0.3, 0.4) is 0 Å². The number of carbonyl (C=O) groups excluding carboxylic acids is 2. The maximum absolute atomic E-state index is 13.5. The summed E-state index contributed by atoms with van der Waals surface area (Å²) < 4.78 is 22.4. The van der Waals surface area contributed by atoms with E-state index >= 15 is 0 Å². The number of likely N-dealkylation sites (N-methyl/N-ethyl adjacent to an activating group) is 1. The number of methoxy groups -OCH3 is 3. The molecule has 0 bridgehead atoms. The van der Waals surface area contributed by atoms with Gasteiger partial charge in [-0.25, -0.2) is 4.48 Å². The molecule has 3 aromatic carbocycles. The zero-order valence-corrected chi connectivity index (χ0v) is 22.6. The average Bonchev–Trinajstić information content (AvgIpc) is 2.85. The molecule has 2 aliphatic rings. The summed E-state index contributed by atoms with van der Waals surface area (Å²) >= 11 is 0. The summed E-state index contributed by atoms with van der Waals surface area (Å²) in [5.74, 6) is 2.02. The highest BCUT2D eigenvalue weighted by Gasteiger charge is 2.49. The SMILES string of the molecule is COc1ccc2c3c(c4cc(OC)c(OC)cc4c2c1)CC1C[N+](C)(C(=O)OC(C)(C)C)CC(=O)N1C3. The Kier molecular flexibility index (Phi) is 5.98. The van der Waals surface area contributed by atoms with Gasteiger partial charge in [-0.15, -0.1) is 0 Å². The van der Waals surface area contributed by atoms with Gasteiger partial charge in [0.25, 0.3) is 5.91 Å². The molecule has 0 aromatic heterocycles. The van der Waals surface area contributed by atoms with Gasteiger partial charge in [-0.05, 0) is 84.1 Å². The van der Waals surface area contributed by atoms with Crippen molar-refractivity contribution in [1.29, 1.82) is 0 Å². The fourth-order valence-electron chi connectivity index (χ4n) is 5.76. The van der Waals surface area contributed by atoms with E-state index in [0.29, 0.717) is 31.0 Å². The number of amides is 2. The van der Waals surface area contributed by atoms with Crippen molar-refractivity contribution in [3.05, 3.63) is 41.5 Å². The largest absolute Gasteiger partial charge is 0.516 e. The lowest BCUT2D eigenvalue weighted by Gasteiger charge is -2.46. The quantitative estimate of drug-likeness (QED) is 0.379. The third kappa shape index (κ3) is 4.23. The summed E-state index contributed by atoms with van der Waals surface area (Å²) in [6.07, 6.45) is 0.263. The Labute approximate surface area is 217 Å². The minimum Gasteiger partial charge on any atom is -0.497 e. The first kappa shape index (κ1) is 25.1. The van der Waals surface area contributed by atoms with E-state index in [1.807, 2.05) is 49.9 Å². The average molecular weight is 508 g/mol. The van der Waals surface area contributed by atoms with Crippen LogP contribution >= 0.6 is 0 Å². The standard InChI is InChI=1S/C29H35N2O6/c1-29(2,3)37-28(33)31(4)15-17-10-20-22-12-25(35-6)26(36-7)13-23(22)21-11-18(34-5)8-9-19(21)24(20)14-30(17)27(32)16-31/h8-9,11-13,17H,10,14-16H2,1-7H3/q+1. The summed E-state index contributed by atoms with van der Waals surface area (Å²) in [6, 6.07) is 9.96. The van der Waals surface area contributed by atoms with Gasteiger partial charge in [0.05, 0.1) is 34.4 Å². The summed E-state index contributed by atoms with van der Waals surface area (Å²) in [7, 11) is 6.72. The Balaban J connectivity index is 1.67. The van der Waals surface area contributed by atoms with Crippen LogP contribution in [0.4, 0.5) is 4.79 Å². The van der Waals surface area contributed by atoms with E-state index < -0.39 is 5.60 Å². The summed E-state index contributed by atoms with van der Waals surface area (Å²) in [5, 5.41) is 4.20. The second-order valence-electron chi connectivity index (χ2n) is 11.2. The van der Waals surface area contributed by atoms with Crippen molar-refractivity contribution in [2.75, 3.05) is 41.5 Å². The van der Waals surface area contributed by atoms with Gasteiger partial charge in [0.1, 0.15) is 17.9 Å². The van der Waals surface area contributed by atoms with Crippen LogP contribution in [0.15, 0.2) is 30.3 Å². The molecule has 0 N–H and O–H groups in total. The molecule has 0 radical (unpaired) electrons. The van der Waals surface area contributed by atoms with Crippen molar-refractivity contribution in [2.24, 2.45) is 0 Å². The smallest absolute Gasteiger partial charge is 0.497 e. The van der Waals surface area contributed by atoms with Crippen LogP contribution < -0.4 is 14.2 Å². The Hall–Kier alpha value is -3.52. The highest BCUT2D eigenvalue weighted by atomic mass is 16.6. The number of hydrogen-bond donors (Lipinski definition) is 0. The number of piperazine rings is 1. The highest BCUT2D eigenvalue weighted by Crippen LogP contribution is 2.44. The van der Waals surface area contributed by atoms with Crippen LogP contribution in [0, 0.1) is 0 Å². The molecule has 0 spiro atoms. The van der Waals surface area contributed by atoms with E-state index in [9.17, 15) is 9.59 Å². The molecule has 1 fully saturated rings. The van der Waals surface area contributed by atoms with E-state index in [0.717, 1.165) is 32.9 Å². The van der Waals surface area contributed by atoms with Crippen LogP contribution in [-0.4, -0.2) is 74.5 Å².